The van der Waals surface area contributed by atoms with E-state index in [1.165, 1.54) is 57.8 Å². The first-order valence-corrected chi connectivity index (χ1v) is 40.1. The second-order valence-corrected chi connectivity index (χ2v) is 29.2. The molecule has 114 heavy (non-hydrogen) atoms. The number of methoxy groups -OCH3 is 3. The van der Waals surface area contributed by atoms with Crippen LogP contribution in [0.1, 0.15) is 152 Å². The Morgan fingerprint density at radius 1 is 0.254 bits per heavy atom. The van der Waals surface area contributed by atoms with Crippen LogP contribution in [0.4, 0.5) is 0 Å². The zero-order chi connectivity index (χ0) is 81.2. The highest BCUT2D eigenvalue weighted by atomic mass is 16.5. The van der Waals surface area contributed by atoms with Crippen LogP contribution in [-0.2, 0) is 0 Å². The molecule has 18 heteroatoms. The van der Waals surface area contributed by atoms with E-state index in [-0.39, 0.29) is 17.2 Å². The fourth-order valence-corrected chi connectivity index (χ4v) is 13.6. The van der Waals surface area contributed by atoms with Crippen LogP contribution in [0, 0.1) is 59.3 Å². The van der Waals surface area contributed by atoms with Gasteiger partial charge >= 0.3 is 0 Å². The van der Waals surface area contributed by atoms with Gasteiger partial charge in [-0.1, -0.05) is 99.3 Å². The molecular formula is C96H111N9O9. The second kappa shape index (κ2) is 41.7. The van der Waals surface area contributed by atoms with E-state index in [9.17, 15) is 15.3 Å². The molecule has 3 atom stereocenters. The van der Waals surface area contributed by atoms with Crippen LogP contribution < -0.4 is 28.4 Å². The Labute approximate surface area is 673 Å². The third-order valence-electron chi connectivity index (χ3n) is 20.5. The average molecular weight is 1530 g/mol. The number of unbranched alkanes of at least 4 members (excludes halogenated alkanes) is 3. The fourth-order valence-electron chi connectivity index (χ4n) is 13.6. The number of aryl methyl sites for hydroxylation is 6. The molecule has 12 aromatic rings. The standard InChI is InChI=1S/C51H75N3O3.C24H21N3O3.C21H15N3O3/c1-13-19-22-40(16-4)31-55-46-34(7)25-43(26-35(46)8)49-52-50(44-27-36(9)47(37(10)28-44)56-32-41(17-5)23-20-14-2)54-51(53-49)45-29-38(11)48(39(12)30-45)57-33-42(18-6)24-21-15-3;1-28-19-10-4-16(5-11-19)22-25-23(17-6-12-20(29-2)13-7-17)27-24(26-22)18-8-14-21(30-3)15-9-18;25-16-7-1-13(2-8-16)19-22-20(14-3-9-17(26)10-4-14)24-21(23-19)15-5-11-18(27)12-6-15/h25-30,40-42H,13-24,31-33H2,1-12H3;4-15H,1-3H3;1-12,25-27H. The highest BCUT2D eigenvalue weighted by molar-refractivity contribution is 5.73. The zero-order valence-corrected chi connectivity index (χ0v) is 69.0. The highest BCUT2D eigenvalue weighted by Gasteiger charge is 2.22. The van der Waals surface area contributed by atoms with Crippen LogP contribution in [0.5, 0.6) is 51.7 Å². The molecule has 3 aromatic heterocycles. The van der Waals surface area contributed by atoms with Crippen LogP contribution in [0.2, 0.25) is 0 Å². The third-order valence-corrected chi connectivity index (χ3v) is 20.5. The highest BCUT2D eigenvalue weighted by Crippen LogP contribution is 2.38. The lowest BCUT2D eigenvalue weighted by Gasteiger charge is -2.20. The molecule has 0 amide bonds. The van der Waals surface area contributed by atoms with Crippen molar-refractivity contribution in [1.82, 2.24) is 44.9 Å². The molecule has 0 aliphatic rings. The largest absolute Gasteiger partial charge is 0.508 e. The third kappa shape index (κ3) is 23.0. The summed E-state index contributed by atoms with van der Waals surface area (Å²) < 4.78 is 35.3. The van der Waals surface area contributed by atoms with Crippen molar-refractivity contribution in [2.75, 3.05) is 41.2 Å². The minimum absolute atomic E-state index is 0.158. The van der Waals surface area contributed by atoms with E-state index >= 15 is 0 Å². The molecule has 0 aliphatic heterocycles. The predicted octanol–water partition coefficient (Wildman–Crippen LogP) is 23.4. The van der Waals surface area contributed by atoms with Crippen LogP contribution >= 0.6 is 0 Å². The fraction of sp³-hybridized carbons (Fsp3) is 0.344. The lowest BCUT2D eigenvalue weighted by atomic mass is 10.00. The van der Waals surface area contributed by atoms with Gasteiger partial charge in [-0.3, -0.25) is 0 Å². The molecule has 12 rings (SSSR count). The number of ether oxygens (including phenoxy) is 6. The van der Waals surface area contributed by atoms with Crippen molar-refractivity contribution in [3.05, 3.63) is 215 Å². The lowest BCUT2D eigenvalue weighted by molar-refractivity contribution is 0.231. The Balaban J connectivity index is 0.000000200. The molecule has 594 valence electrons. The van der Waals surface area contributed by atoms with Gasteiger partial charge in [-0.25, -0.2) is 44.9 Å². The van der Waals surface area contributed by atoms with Gasteiger partial charge in [-0.2, -0.15) is 0 Å². The number of aromatic nitrogens is 9. The van der Waals surface area contributed by atoms with Crippen molar-refractivity contribution in [3.63, 3.8) is 0 Å². The lowest BCUT2D eigenvalue weighted by Crippen LogP contribution is -2.13. The molecule has 0 aliphatic carbocycles. The summed E-state index contributed by atoms with van der Waals surface area (Å²) in [7, 11) is 4.92. The summed E-state index contributed by atoms with van der Waals surface area (Å²) in [4.78, 5) is 43.3. The Kier molecular flexibility index (Phi) is 30.9. The molecule has 0 radical (unpaired) electrons. The number of nitrogens with zero attached hydrogens (tertiary/aromatic N) is 9. The maximum absolute atomic E-state index is 9.52. The molecule has 3 unspecified atom stereocenters. The van der Waals surface area contributed by atoms with E-state index in [4.69, 9.17) is 58.3 Å². The van der Waals surface area contributed by atoms with Gasteiger partial charge in [-0.05, 0) is 294 Å². The first-order chi connectivity index (χ1) is 55.2. The van der Waals surface area contributed by atoms with Gasteiger partial charge in [0.25, 0.3) is 0 Å². The van der Waals surface area contributed by atoms with E-state index in [0.717, 1.165) is 157 Å². The number of aromatic hydroxyl groups is 3. The zero-order valence-electron chi connectivity index (χ0n) is 69.0. The van der Waals surface area contributed by atoms with Gasteiger partial charge in [0.15, 0.2) is 52.4 Å². The first kappa shape index (κ1) is 84.7. The smallest absolute Gasteiger partial charge is 0.164 e. The quantitative estimate of drug-likeness (QED) is 0.0347. The summed E-state index contributed by atoms with van der Waals surface area (Å²) in [6, 6.07) is 55.7. The first-order valence-electron chi connectivity index (χ1n) is 40.1. The minimum atomic E-state index is 0.158. The van der Waals surface area contributed by atoms with Gasteiger partial charge in [0.05, 0.1) is 41.2 Å². The Hall–Kier alpha value is -11.8. The number of hydrogen-bond acceptors (Lipinski definition) is 18. The molecule has 0 bridgehead atoms. The van der Waals surface area contributed by atoms with E-state index in [2.05, 4.69) is 134 Å². The Bertz CT molecular complexity index is 4460. The molecular weight excluding hydrogens is 1420 g/mol. The normalized spacial score (nSPS) is 11.8. The summed E-state index contributed by atoms with van der Waals surface area (Å²) in [5, 5.41) is 28.6. The van der Waals surface area contributed by atoms with Crippen molar-refractivity contribution in [1.29, 1.82) is 0 Å². The van der Waals surface area contributed by atoms with Gasteiger partial charge in [0.2, 0.25) is 0 Å². The number of phenolic OH excluding ortho intramolecular Hbond substituents is 3. The van der Waals surface area contributed by atoms with Crippen molar-refractivity contribution in [2.24, 2.45) is 17.8 Å². The van der Waals surface area contributed by atoms with Gasteiger partial charge in [0.1, 0.15) is 51.7 Å². The predicted molar refractivity (Wildman–Crippen MR) is 458 cm³/mol. The number of hydrogen-bond donors (Lipinski definition) is 3. The molecule has 18 nitrogen and oxygen atoms in total. The summed E-state index contributed by atoms with van der Waals surface area (Å²) in [6.45, 7) is 28.6. The average Bonchev–Trinajstić information content (AvgIpc) is 0.802. The monoisotopic (exact) mass is 1530 g/mol. The maximum Gasteiger partial charge on any atom is 0.164 e. The molecule has 9 aromatic carbocycles. The molecule has 3 heterocycles. The molecule has 0 saturated carbocycles. The van der Waals surface area contributed by atoms with Gasteiger partial charge in [0, 0.05) is 50.1 Å². The summed E-state index contributed by atoms with van der Waals surface area (Å²) in [5.41, 5.74) is 14.2. The Morgan fingerprint density at radius 2 is 0.430 bits per heavy atom. The molecule has 0 spiro atoms. The van der Waals surface area contributed by atoms with Crippen molar-refractivity contribution >= 4 is 0 Å². The van der Waals surface area contributed by atoms with Gasteiger partial charge in [-0.15, -0.1) is 0 Å². The van der Waals surface area contributed by atoms with Crippen LogP contribution in [0.15, 0.2) is 182 Å². The second-order valence-electron chi connectivity index (χ2n) is 29.2. The maximum atomic E-state index is 9.52. The van der Waals surface area contributed by atoms with E-state index < -0.39 is 0 Å². The van der Waals surface area contributed by atoms with E-state index in [1.807, 2.05) is 72.8 Å². The Morgan fingerprint density at radius 3 is 0.596 bits per heavy atom. The van der Waals surface area contributed by atoms with Crippen molar-refractivity contribution in [2.45, 2.75) is 160 Å². The summed E-state index contributed by atoms with van der Waals surface area (Å²) >= 11 is 0. The van der Waals surface area contributed by atoms with Crippen LogP contribution in [0.3, 0.4) is 0 Å². The number of rotatable bonds is 33. The van der Waals surface area contributed by atoms with E-state index in [1.54, 1.807) is 94.1 Å². The number of phenols is 3. The summed E-state index contributed by atoms with van der Waals surface area (Å²) in [5.74, 6) is 12.5. The van der Waals surface area contributed by atoms with Gasteiger partial charge < -0.3 is 43.7 Å². The SMILES string of the molecule is CCCCC(CC)COc1c(C)cc(-c2nc(-c3cc(C)c(OCC(CC)CCCC)c(C)c3)nc(-c3cc(C)c(OCC(CC)CCCC)c(C)c3)n2)cc1C.COc1ccc(-c2nc(-c3ccc(OC)cc3)nc(-c3ccc(OC)cc3)n2)cc1.Oc1ccc(-c2nc(-c3ccc(O)cc3)nc(-c3ccc(O)cc3)n2)cc1. The number of benzene rings is 9. The van der Waals surface area contributed by atoms with Crippen LogP contribution in [0.25, 0.3) is 102 Å². The van der Waals surface area contributed by atoms with Crippen molar-refractivity contribution in [3.8, 4) is 154 Å². The van der Waals surface area contributed by atoms with Crippen molar-refractivity contribution < 1.29 is 43.7 Å². The molecule has 3 N–H and O–H groups in total. The summed E-state index contributed by atoms with van der Waals surface area (Å²) in [6.07, 6.45) is 14.3. The minimum Gasteiger partial charge on any atom is -0.508 e. The molecule has 0 saturated heterocycles. The topological polar surface area (TPSA) is 232 Å². The molecule has 0 fully saturated rings. The van der Waals surface area contributed by atoms with Crippen LogP contribution in [-0.4, -0.2) is 101 Å². The van der Waals surface area contributed by atoms with E-state index in [0.29, 0.717) is 70.2 Å².